The fourth-order valence-electron chi connectivity index (χ4n) is 2.11. The summed E-state index contributed by atoms with van der Waals surface area (Å²) in [7, 11) is 0. The summed E-state index contributed by atoms with van der Waals surface area (Å²) in [4.78, 5) is 11.0. The molecule has 1 saturated carbocycles. The van der Waals surface area contributed by atoms with E-state index in [0.29, 0.717) is 6.04 Å². The van der Waals surface area contributed by atoms with Crippen LogP contribution in [0.15, 0.2) is 9.98 Å². The lowest BCUT2D eigenvalue weighted by Gasteiger charge is -2.16. The van der Waals surface area contributed by atoms with E-state index >= 15 is 0 Å². The molecule has 0 bridgehead atoms. The van der Waals surface area contributed by atoms with Crippen LogP contribution in [0.5, 0.6) is 0 Å². The van der Waals surface area contributed by atoms with Crippen LogP contribution >= 0.6 is 0 Å². The van der Waals surface area contributed by atoms with Gasteiger partial charge in [0.1, 0.15) is 0 Å². The third kappa shape index (κ3) is 5.43. The molecule has 3 nitrogen and oxygen atoms in total. The van der Waals surface area contributed by atoms with E-state index in [0.717, 1.165) is 26.2 Å². The summed E-state index contributed by atoms with van der Waals surface area (Å²) in [6.45, 7) is 8.43. The highest BCUT2D eigenvalue weighted by molar-refractivity contribution is 5.41. The third-order valence-electron chi connectivity index (χ3n) is 3.31. The zero-order chi connectivity index (χ0) is 11.6. The van der Waals surface area contributed by atoms with Crippen LogP contribution in [0.2, 0.25) is 0 Å². The molecule has 3 heteroatoms. The lowest BCUT2D eigenvalue weighted by atomic mass is 9.96. The minimum absolute atomic E-state index is 0.506. The SMILES string of the molecule is CCN(CC)CCN=C=NC1CCCCC1. The van der Waals surface area contributed by atoms with Crippen molar-refractivity contribution >= 4 is 6.01 Å². The van der Waals surface area contributed by atoms with Crippen molar-refractivity contribution in [2.24, 2.45) is 9.98 Å². The van der Waals surface area contributed by atoms with E-state index in [-0.39, 0.29) is 0 Å². The second-order valence-electron chi connectivity index (χ2n) is 4.43. The molecule has 92 valence electrons. The minimum Gasteiger partial charge on any atom is -0.302 e. The van der Waals surface area contributed by atoms with Gasteiger partial charge in [-0.25, -0.2) is 9.98 Å². The number of hydrogen-bond acceptors (Lipinski definition) is 3. The molecule has 0 N–H and O–H groups in total. The van der Waals surface area contributed by atoms with Crippen LogP contribution in [-0.2, 0) is 0 Å². The van der Waals surface area contributed by atoms with Crippen LogP contribution < -0.4 is 0 Å². The Bertz CT molecular complexity index is 221. The van der Waals surface area contributed by atoms with Gasteiger partial charge in [0.2, 0.25) is 0 Å². The van der Waals surface area contributed by atoms with Gasteiger partial charge in [0, 0.05) is 6.54 Å². The molecule has 0 aromatic rings. The Morgan fingerprint density at radius 1 is 1.12 bits per heavy atom. The number of nitrogens with zero attached hydrogens (tertiary/aromatic N) is 3. The lowest BCUT2D eigenvalue weighted by molar-refractivity contribution is 0.313. The van der Waals surface area contributed by atoms with Crippen molar-refractivity contribution in [2.75, 3.05) is 26.2 Å². The van der Waals surface area contributed by atoms with Crippen molar-refractivity contribution in [1.29, 1.82) is 0 Å². The first-order valence-electron chi connectivity index (χ1n) is 6.70. The van der Waals surface area contributed by atoms with Gasteiger partial charge in [-0.3, -0.25) is 0 Å². The van der Waals surface area contributed by atoms with E-state index in [9.17, 15) is 0 Å². The summed E-state index contributed by atoms with van der Waals surface area (Å²) in [5.41, 5.74) is 0. The van der Waals surface area contributed by atoms with Crippen LogP contribution in [0.4, 0.5) is 0 Å². The molecule has 0 heterocycles. The average molecular weight is 223 g/mol. The highest BCUT2D eigenvalue weighted by Gasteiger charge is 2.10. The lowest BCUT2D eigenvalue weighted by Crippen LogP contribution is -2.25. The van der Waals surface area contributed by atoms with Crippen molar-refractivity contribution in [3.05, 3.63) is 0 Å². The monoisotopic (exact) mass is 223 g/mol. The third-order valence-corrected chi connectivity index (χ3v) is 3.31. The molecule has 0 saturated heterocycles. The van der Waals surface area contributed by atoms with Crippen molar-refractivity contribution in [1.82, 2.24) is 4.90 Å². The maximum Gasteiger partial charge on any atom is 0.0895 e. The quantitative estimate of drug-likeness (QED) is 0.636. The van der Waals surface area contributed by atoms with E-state index in [1.165, 1.54) is 32.1 Å². The maximum atomic E-state index is 4.40. The van der Waals surface area contributed by atoms with Crippen LogP contribution in [0.1, 0.15) is 46.0 Å². The highest BCUT2D eigenvalue weighted by Crippen LogP contribution is 2.19. The van der Waals surface area contributed by atoms with Gasteiger partial charge >= 0.3 is 0 Å². The van der Waals surface area contributed by atoms with Crippen LogP contribution in [0.25, 0.3) is 0 Å². The van der Waals surface area contributed by atoms with E-state index in [4.69, 9.17) is 0 Å². The first kappa shape index (κ1) is 13.4. The van der Waals surface area contributed by atoms with E-state index in [2.05, 4.69) is 34.7 Å². The van der Waals surface area contributed by atoms with Gasteiger partial charge in [0.15, 0.2) is 0 Å². The Morgan fingerprint density at radius 2 is 1.81 bits per heavy atom. The number of rotatable bonds is 6. The molecule has 1 aliphatic rings. The molecule has 0 aromatic carbocycles. The molecule has 0 radical (unpaired) electrons. The number of aliphatic imine (C=N–C) groups is 2. The van der Waals surface area contributed by atoms with Gasteiger partial charge in [-0.2, -0.15) is 0 Å². The standard InChI is InChI=1S/C13H25N3/c1-3-16(4-2)11-10-14-12-15-13-8-6-5-7-9-13/h13H,3-11H2,1-2H3. The molecule has 1 aliphatic carbocycles. The van der Waals surface area contributed by atoms with Crippen LogP contribution in [0.3, 0.4) is 0 Å². The predicted molar refractivity (Wildman–Crippen MR) is 69.4 cm³/mol. The minimum atomic E-state index is 0.506. The molecule has 0 amide bonds. The molecular weight excluding hydrogens is 198 g/mol. The Hall–Kier alpha value is -0.660. The summed E-state index contributed by atoms with van der Waals surface area (Å²) in [5.74, 6) is 0. The summed E-state index contributed by atoms with van der Waals surface area (Å²) < 4.78 is 0. The van der Waals surface area contributed by atoms with Gasteiger partial charge in [-0.15, -0.1) is 0 Å². The molecule has 1 fully saturated rings. The molecule has 0 atom stereocenters. The van der Waals surface area contributed by atoms with E-state index in [1.54, 1.807) is 0 Å². The maximum absolute atomic E-state index is 4.40. The zero-order valence-corrected chi connectivity index (χ0v) is 10.8. The molecule has 0 aromatic heterocycles. The topological polar surface area (TPSA) is 28.0 Å². The summed E-state index contributed by atoms with van der Waals surface area (Å²) in [6, 6.07) is 3.39. The zero-order valence-electron chi connectivity index (χ0n) is 10.8. The van der Waals surface area contributed by atoms with Crippen molar-refractivity contribution in [3.8, 4) is 0 Å². The molecule has 0 aliphatic heterocycles. The van der Waals surface area contributed by atoms with Gasteiger partial charge in [-0.05, 0) is 25.9 Å². The van der Waals surface area contributed by atoms with Gasteiger partial charge in [-0.1, -0.05) is 33.1 Å². The van der Waals surface area contributed by atoms with Crippen molar-refractivity contribution in [3.63, 3.8) is 0 Å². The predicted octanol–water partition coefficient (Wildman–Crippen LogP) is 2.83. The average Bonchev–Trinajstić information content (AvgIpc) is 2.35. The molecule has 16 heavy (non-hydrogen) atoms. The van der Waals surface area contributed by atoms with Crippen molar-refractivity contribution in [2.45, 2.75) is 52.0 Å². The Labute approximate surface area is 99.7 Å². The normalized spacial score (nSPS) is 17.2. The smallest absolute Gasteiger partial charge is 0.0895 e. The fraction of sp³-hybridized carbons (Fsp3) is 0.923. The van der Waals surface area contributed by atoms with Crippen molar-refractivity contribution < 1.29 is 0 Å². The van der Waals surface area contributed by atoms with Gasteiger partial charge < -0.3 is 4.90 Å². The van der Waals surface area contributed by atoms with Gasteiger partial charge in [0.25, 0.3) is 0 Å². The second-order valence-corrected chi connectivity index (χ2v) is 4.43. The highest BCUT2D eigenvalue weighted by atomic mass is 15.1. The Kier molecular flexibility index (Phi) is 7.11. The Balaban J connectivity index is 2.17. The first-order valence-corrected chi connectivity index (χ1v) is 6.70. The summed E-state index contributed by atoms with van der Waals surface area (Å²) in [5, 5.41) is 0. The largest absolute Gasteiger partial charge is 0.302 e. The van der Waals surface area contributed by atoms with E-state index in [1.807, 2.05) is 0 Å². The van der Waals surface area contributed by atoms with Crippen LogP contribution in [-0.4, -0.2) is 43.1 Å². The first-order chi connectivity index (χ1) is 7.86. The number of hydrogen-bond donors (Lipinski definition) is 0. The molecule has 0 spiro atoms. The second kappa shape index (κ2) is 8.49. The van der Waals surface area contributed by atoms with E-state index < -0.39 is 0 Å². The molecule has 0 unspecified atom stereocenters. The Morgan fingerprint density at radius 3 is 2.44 bits per heavy atom. The molecular formula is C13H25N3. The summed E-state index contributed by atoms with van der Waals surface area (Å²) in [6.07, 6.45) is 6.51. The fourth-order valence-corrected chi connectivity index (χ4v) is 2.11. The molecule has 1 rings (SSSR count). The van der Waals surface area contributed by atoms with Gasteiger partial charge in [0.05, 0.1) is 18.6 Å². The summed E-state index contributed by atoms with van der Waals surface area (Å²) >= 11 is 0. The number of likely N-dealkylation sites (N-methyl/N-ethyl adjacent to an activating group) is 1. The van der Waals surface area contributed by atoms with Crippen LogP contribution in [0, 0.1) is 0 Å².